The average molecular weight is 306 g/mol. The molecule has 7 N–H and O–H groups in total. The normalized spacial score (nSPS) is 15.8. The molecule has 0 fully saturated rings. The second-order valence-corrected chi connectivity index (χ2v) is 5.89. The Hall–Kier alpha value is -1.06. The van der Waals surface area contributed by atoms with Gasteiger partial charge in [0.25, 0.3) is 5.52 Å². The molecule has 1 unspecified atom stereocenters. The van der Waals surface area contributed by atoms with E-state index in [2.05, 4.69) is 0 Å². The van der Waals surface area contributed by atoms with Crippen molar-refractivity contribution in [2.75, 3.05) is 0 Å². The number of aliphatic hydroxyl groups is 3. The van der Waals surface area contributed by atoms with E-state index < -0.39 is 43.9 Å². The predicted molar refractivity (Wildman–Crippen MR) is 52.4 cm³/mol. The van der Waals surface area contributed by atoms with Crippen molar-refractivity contribution in [3.63, 3.8) is 0 Å². The fourth-order valence-electron chi connectivity index (χ4n) is 0.653. The summed E-state index contributed by atoms with van der Waals surface area (Å²) in [5.41, 5.74) is -4.58. The Balaban J connectivity index is 5.46. The van der Waals surface area contributed by atoms with Gasteiger partial charge in [0.15, 0.2) is 11.9 Å². The van der Waals surface area contributed by atoms with Crippen molar-refractivity contribution in [3.05, 3.63) is 11.5 Å². The van der Waals surface area contributed by atoms with Crippen LogP contribution in [0.4, 0.5) is 0 Å². The molecule has 11 nitrogen and oxygen atoms in total. The number of carbonyl (C=O) groups excluding carboxylic acids is 2. The fraction of sp³-hybridized carbons (Fsp3) is 0.200. The molecule has 0 spiro atoms. The van der Waals surface area contributed by atoms with Gasteiger partial charge in [-0.3, -0.25) is 18.7 Å². The summed E-state index contributed by atoms with van der Waals surface area (Å²) in [5, 5.41) is 26.6. The van der Waals surface area contributed by atoms with Gasteiger partial charge in [0, 0.05) is 0 Å². The quantitative estimate of drug-likeness (QED) is 0.169. The first kappa shape index (κ1) is 16.9. The van der Waals surface area contributed by atoms with Gasteiger partial charge in [-0.05, 0) is 0 Å². The Labute approximate surface area is 98.3 Å². The zero-order valence-corrected chi connectivity index (χ0v) is 10.0. The van der Waals surface area contributed by atoms with Crippen molar-refractivity contribution in [2.45, 2.75) is 6.10 Å². The molecule has 0 aromatic heterocycles. The van der Waals surface area contributed by atoms with E-state index in [1.54, 1.807) is 0 Å². The number of allylic oxidation sites excluding steroid dienone is 1. The molecule has 0 rings (SSSR count). The lowest BCUT2D eigenvalue weighted by atomic mass is 10.3. The van der Waals surface area contributed by atoms with Crippen molar-refractivity contribution in [3.8, 4) is 0 Å². The highest BCUT2D eigenvalue weighted by molar-refractivity contribution is 7.71. The van der Waals surface area contributed by atoms with Crippen LogP contribution in [-0.2, 0) is 18.7 Å². The third-order valence-electron chi connectivity index (χ3n) is 1.49. The molecule has 0 aromatic rings. The van der Waals surface area contributed by atoms with Gasteiger partial charge in [0.2, 0.25) is 5.76 Å². The SMILES string of the molecule is O=C(/C(O)=C(/O)C(O)C(=O)P(=O)(O)O)P(=O)(O)O. The number of carbonyl (C=O) groups is 2. The summed E-state index contributed by atoms with van der Waals surface area (Å²) in [6.45, 7) is 0. The molecule has 0 aliphatic heterocycles. The molecular formula is C5H8O11P2. The van der Waals surface area contributed by atoms with Gasteiger partial charge in [-0.15, -0.1) is 0 Å². The van der Waals surface area contributed by atoms with E-state index in [9.17, 15) is 18.7 Å². The smallest absolute Gasteiger partial charge is 0.399 e. The zero-order chi connectivity index (χ0) is 14.9. The van der Waals surface area contributed by atoms with Crippen LogP contribution in [0.15, 0.2) is 11.5 Å². The Morgan fingerprint density at radius 2 is 1.28 bits per heavy atom. The standard InChI is InChI=1S/C5H8O11P2/c6-1(2(7)4(9)17(11,12)13)3(8)5(10)18(14,15)16/h2,6-8H,(H2,11,12,13)(H2,14,15,16)/b3-1-. The monoisotopic (exact) mass is 306 g/mol. The van der Waals surface area contributed by atoms with Gasteiger partial charge in [-0.2, -0.15) is 0 Å². The van der Waals surface area contributed by atoms with Crippen LogP contribution in [0.25, 0.3) is 0 Å². The first-order valence-corrected chi connectivity index (χ1v) is 7.03. The lowest BCUT2D eigenvalue weighted by molar-refractivity contribution is -0.120. The Kier molecular flexibility index (Phi) is 4.98. The van der Waals surface area contributed by atoms with Crippen molar-refractivity contribution in [1.82, 2.24) is 0 Å². The molecule has 0 saturated heterocycles. The number of hydrogen-bond acceptors (Lipinski definition) is 7. The van der Waals surface area contributed by atoms with E-state index in [0.717, 1.165) is 0 Å². The van der Waals surface area contributed by atoms with E-state index in [4.69, 9.17) is 34.9 Å². The fourth-order valence-corrected chi connectivity index (χ4v) is 1.48. The van der Waals surface area contributed by atoms with Crippen molar-refractivity contribution in [2.24, 2.45) is 0 Å². The molecule has 1 atom stereocenters. The second-order valence-electron chi connectivity index (χ2n) is 2.87. The number of aliphatic hydroxyl groups excluding tert-OH is 3. The highest BCUT2D eigenvalue weighted by Crippen LogP contribution is 2.41. The van der Waals surface area contributed by atoms with Gasteiger partial charge in [-0.25, -0.2) is 0 Å². The number of rotatable bonds is 5. The van der Waals surface area contributed by atoms with Gasteiger partial charge in [0.05, 0.1) is 0 Å². The van der Waals surface area contributed by atoms with Crippen LogP contribution >= 0.6 is 15.2 Å². The Morgan fingerprint density at radius 1 is 0.889 bits per heavy atom. The first-order valence-electron chi connectivity index (χ1n) is 3.80. The van der Waals surface area contributed by atoms with Crippen LogP contribution in [-0.4, -0.2) is 52.0 Å². The highest BCUT2D eigenvalue weighted by Gasteiger charge is 2.40. The summed E-state index contributed by atoms with van der Waals surface area (Å²) < 4.78 is 20.8. The van der Waals surface area contributed by atoms with Crippen LogP contribution in [0.3, 0.4) is 0 Å². The van der Waals surface area contributed by atoms with Gasteiger partial charge in [0.1, 0.15) is 0 Å². The molecule has 0 saturated carbocycles. The third-order valence-corrected chi connectivity index (χ3v) is 3.05. The molecule has 0 aliphatic carbocycles. The molecule has 0 aromatic carbocycles. The summed E-state index contributed by atoms with van der Waals surface area (Å²) in [6.07, 6.45) is -3.00. The van der Waals surface area contributed by atoms with Crippen molar-refractivity contribution in [1.29, 1.82) is 0 Å². The van der Waals surface area contributed by atoms with Gasteiger partial charge < -0.3 is 34.9 Å². The van der Waals surface area contributed by atoms with E-state index in [0.29, 0.717) is 0 Å². The van der Waals surface area contributed by atoms with E-state index in [-0.39, 0.29) is 0 Å². The van der Waals surface area contributed by atoms with Crippen molar-refractivity contribution < 1.29 is 53.6 Å². The van der Waals surface area contributed by atoms with Crippen LogP contribution in [0.1, 0.15) is 0 Å². The molecule has 0 heterocycles. The zero-order valence-electron chi connectivity index (χ0n) is 8.24. The summed E-state index contributed by atoms with van der Waals surface area (Å²) in [5.74, 6) is -4.05. The minimum absolute atomic E-state index is 1.98. The van der Waals surface area contributed by atoms with E-state index >= 15 is 0 Å². The second kappa shape index (κ2) is 5.29. The van der Waals surface area contributed by atoms with Crippen molar-refractivity contribution >= 4 is 26.2 Å². The maximum Gasteiger partial charge on any atom is 0.399 e. The maximum atomic E-state index is 10.8. The average Bonchev–Trinajstić information content (AvgIpc) is 2.21. The molecule has 104 valence electrons. The highest BCUT2D eigenvalue weighted by atomic mass is 31.2. The molecule has 0 radical (unpaired) electrons. The Bertz CT molecular complexity index is 492. The molecule has 13 heteroatoms. The first-order chi connectivity index (χ1) is 7.80. The number of hydrogen-bond donors (Lipinski definition) is 7. The predicted octanol–water partition coefficient (Wildman–Crippen LogP) is -1.92. The molecule has 0 bridgehead atoms. The summed E-state index contributed by atoms with van der Waals surface area (Å²) >= 11 is 0. The molecular weight excluding hydrogens is 298 g/mol. The van der Waals surface area contributed by atoms with Crippen LogP contribution < -0.4 is 0 Å². The minimum Gasteiger partial charge on any atom is -0.506 e. The molecule has 0 amide bonds. The van der Waals surface area contributed by atoms with Crippen LogP contribution in [0.2, 0.25) is 0 Å². The van der Waals surface area contributed by atoms with Crippen LogP contribution in [0.5, 0.6) is 0 Å². The Morgan fingerprint density at radius 3 is 1.56 bits per heavy atom. The lowest BCUT2D eigenvalue weighted by Gasteiger charge is -2.11. The third kappa shape index (κ3) is 4.00. The summed E-state index contributed by atoms with van der Waals surface area (Å²) in [4.78, 5) is 54.8. The van der Waals surface area contributed by atoms with E-state index in [1.165, 1.54) is 0 Å². The molecule has 0 aliphatic rings. The largest absolute Gasteiger partial charge is 0.506 e. The maximum absolute atomic E-state index is 10.8. The topological polar surface area (TPSA) is 210 Å². The summed E-state index contributed by atoms with van der Waals surface area (Å²) in [6, 6.07) is 0. The van der Waals surface area contributed by atoms with Gasteiger partial charge in [-0.1, -0.05) is 0 Å². The van der Waals surface area contributed by atoms with Gasteiger partial charge >= 0.3 is 20.7 Å². The summed E-state index contributed by atoms with van der Waals surface area (Å²) in [7, 11) is -11.0. The minimum atomic E-state index is -5.50. The lowest BCUT2D eigenvalue weighted by Crippen LogP contribution is -2.25. The molecule has 18 heavy (non-hydrogen) atoms. The van der Waals surface area contributed by atoms with Crippen LogP contribution in [0, 0.1) is 0 Å². The van der Waals surface area contributed by atoms with E-state index in [1.807, 2.05) is 0 Å².